The van der Waals surface area contributed by atoms with Gasteiger partial charge < -0.3 is 5.11 Å². The van der Waals surface area contributed by atoms with Gasteiger partial charge in [-0.3, -0.25) is 0 Å². The van der Waals surface area contributed by atoms with Crippen molar-refractivity contribution in [3.8, 4) is 0 Å². The highest BCUT2D eigenvalue weighted by Crippen LogP contribution is 2.17. The van der Waals surface area contributed by atoms with E-state index in [-0.39, 0.29) is 0 Å². The number of rotatable bonds is 3. The molecule has 0 unspecified atom stereocenters. The smallest absolute Gasteiger partial charge is 0.328 e. The molecule has 0 aliphatic rings. The van der Waals surface area contributed by atoms with Gasteiger partial charge in [0.05, 0.1) is 0 Å². The number of carboxylic acids is 1. The van der Waals surface area contributed by atoms with E-state index < -0.39 is 5.97 Å². The standard InChI is InChI=1S/C8H6BrNO2S/c9-6-1-2-7(10-5-6)13-4-3-8(11)12/h1-5H,(H,11,12)/b4-3+. The Hall–Kier alpha value is -0.810. The average molecular weight is 260 g/mol. The van der Waals surface area contributed by atoms with Gasteiger partial charge in [0.25, 0.3) is 0 Å². The molecule has 1 aromatic heterocycles. The fraction of sp³-hybridized carbons (Fsp3) is 0. The summed E-state index contributed by atoms with van der Waals surface area (Å²) in [6.07, 6.45) is 2.74. The van der Waals surface area contributed by atoms with Gasteiger partial charge in [-0.25, -0.2) is 9.78 Å². The van der Waals surface area contributed by atoms with Crippen LogP contribution in [0.5, 0.6) is 0 Å². The predicted octanol–water partition coefficient (Wildman–Crippen LogP) is 2.53. The minimum Gasteiger partial charge on any atom is -0.478 e. The lowest BCUT2D eigenvalue weighted by Gasteiger charge is -1.93. The highest BCUT2D eigenvalue weighted by atomic mass is 79.9. The Kier molecular flexibility index (Phi) is 3.98. The number of hydrogen-bond donors (Lipinski definition) is 1. The first kappa shape index (κ1) is 10.3. The van der Waals surface area contributed by atoms with E-state index in [2.05, 4.69) is 20.9 Å². The van der Waals surface area contributed by atoms with E-state index in [1.54, 1.807) is 12.3 Å². The Morgan fingerprint density at radius 2 is 2.38 bits per heavy atom. The van der Waals surface area contributed by atoms with Gasteiger partial charge in [0.2, 0.25) is 0 Å². The van der Waals surface area contributed by atoms with Gasteiger partial charge in [0, 0.05) is 16.7 Å². The third kappa shape index (κ3) is 4.10. The molecule has 0 fully saturated rings. The van der Waals surface area contributed by atoms with Crippen LogP contribution in [0, 0.1) is 0 Å². The highest BCUT2D eigenvalue weighted by molar-refractivity contribution is 9.10. The molecule has 0 amide bonds. The molecule has 13 heavy (non-hydrogen) atoms. The zero-order valence-electron chi connectivity index (χ0n) is 6.48. The largest absolute Gasteiger partial charge is 0.478 e. The number of nitrogens with zero attached hydrogens (tertiary/aromatic N) is 1. The number of aliphatic carboxylic acids is 1. The van der Waals surface area contributed by atoms with Crippen molar-refractivity contribution in [1.82, 2.24) is 4.98 Å². The van der Waals surface area contributed by atoms with E-state index in [1.807, 2.05) is 6.07 Å². The Bertz CT molecular complexity index is 323. The monoisotopic (exact) mass is 259 g/mol. The topological polar surface area (TPSA) is 50.2 Å². The molecule has 0 bridgehead atoms. The van der Waals surface area contributed by atoms with Crippen molar-refractivity contribution in [2.75, 3.05) is 0 Å². The van der Waals surface area contributed by atoms with Crippen LogP contribution in [0.25, 0.3) is 0 Å². The summed E-state index contributed by atoms with van der Waals surface area (Å²) in [7, 11) is 0. The van der Waals surface area contributed by atoms with Crippen LogP contribution in [0.15, 0.2) is 39.3 Å². The molecule has 1 N–H and O–H groups in total. The van der Waals surface area contributed by atoms with Gasteiger partial charge >= 0.3 is 5.97 Å². The van der Waals surface area contributed by atoms with Crippen LogP contribution in [0.1, 0.15) is 0 Å². The summed E-state index contributed by atoms with van der Waals surface area (Å²) in [4.78, 5) is 14.2. The molecule has 0 saturated heterocycles. The van der Waals surface area contributed by atoms with Gasteiger partial charge in [-0.05, 0) is 33.5 Å². The number of halogens is 1. The van der Waals surface area contributed by atoms with Crippen molar-refractivity contribution in [3.63, 3.8) is 0 Å². The molecule has 1 aromatic rings. The quantitative estimate of drug-likeness (QED) is 0.670. The first-order valence-electron chi connectivity index (χ1n) is 3.36. The van der Waals surface area contributed by atoms with Gasteiger partial charge in [-0.15, -0.1) is 0 Å². The summed E-state index contributed by atoms with van der Waals surface area (Å²) in [5, 5.41) is 10.6. The summed E-state index contributed by atoms with van der Waals surface area (Å²) >= 11 is 4.52. The Morgan fingerprint density at radius 1 is 1.62 bits per heavy atom. The molecular weight excluding hydrogens is 254 g/mol. The molecule has 0 aromatic carbocycles. The summed E-state index contributed by atoms with van der Waals surface area (Å²) < 4.78 is 0.902. The maximum Gasteiger partial charge on any atom is 0.328 e. The van der Waals surface area contributed by atoms with Crippen LogP contribution in [-0.2, 0) is 4.79 Å². The predicted molar refractivity (Wildman–Crippen MR) is 54.6 cm³/mol. The molecule has 0 spiro atoms. The minimum atomic E-state index is -0.954. The maximum absolute atomic E-state index is 10.1. The summed E-state index contributed by atoms with van der Waals surface area (Å²) in [6, 6.07) is 3.66. The summed E-state index contributed by atoms with van der Waals surface area (Å²) in [5.41, 5.74) is 0. The van der Waals surface area contributed by atoms with Crippen LogP contribution in [0.3, 0.4) is 0 Å². The molecule has 3 nitrogen and oxygen atoms in total. The summed E-state index contributed by atoms with van der Waals surface area (Å²) in [5.74, 6) is -0.954. The lowest BCUT2D eigenvalue weighted by molar-refractivity contribution is -0.131. The third-order valence-corrected chi connectivity index (χ3v) is 2.32. The first-order valence-corrected chi connectivity index (χ1v) is 5.03. The van der Waals surface area contributed by atoms with Crippen molar-refractivity contribution in [3.05, 3.63) is 34.3 Å². The van der Waals surface area contributed by atoms with Crippen LogP contribution in [-0.4, -0.2) is 16.1 Å². The fourth-order valence-corrected chi connectivity index (χ4v) is 1.41. The first-order chi connectivity index (χ1) is 6.18. The molecule has 0 saturated carbocycles. The van der Waals surface area contributed by atoms with Gasteiger partial charge in [-0.1, -0.05) is 11.8 Å². The number of aromatic nitrogens is 1. The summed E-state index contributed by atoms with van der Waals surface area (Å²) in [6.45, 7) is 0. The van der Waals surface area contributed by atoms with Gasteiger partial charge in [0.15, 0.2) is 0 Å². The minimum absolute atomic E-state index is 0.765. The molecular formula is C8H6BrNO2S. The van der Waals surface area contributed by atoms with Crippen LogP contribution >= 0.6 is 27.7 Å². The molecule has 0 aliphatic carbocycles. The van der Waals surface area contributed by atoms with E-state index in [0.29, 0.717) is 0 Å². The van der Waals surface area contributed by atoms with Crippen molar-refractivity contribution in [2.45, 2.75) is 5.03 Å². The van der Waals surface area contributed by atoms with Gasteiger partial charge in [0.1, 0.15) is 5.03 Å². The van der Waals surface area contributed by atoms with E-state index >= 15 is 0 Å². The number of carbonyl (C=O) groups is 1. The second-order valence-electron chi connectivity index (χ2n) is 2.07. The van der Waals surface area contributed by atoms with Crippen LogP contribution in [0.4, 0.5) is 0 Å². The van der Waals surface area contributed by atoms with E-state index in [9.17, 15) is 4.79 Å². The van der Waals surface area contributed by atoms with E-state index in [4.69, 9.17) is 5.11 Å². The van der Waals surface area contributed by atoms with E-state index in [0.717, 1.165) is 15.6 Å². The molecule has 1 rings (SSSR count). The van der Waals surface area contributed by atoms with Crippen molar-refractivity contribution in [2.24, 2.45) is 0 Å². The lowest BCUT2D eigenvalue weighted by atomic mass is 10.5. The molecule has 0 atom stereocenters. The second kappa shape index (κ2) is 5.04. The van der Waals surface area contributed by atoms with Crippen molar-refractivity contribution in [1.29, 1.82) is 0 Å². The van der Waals surface area contributed by atoms with Gasteiger partial charge in [-0.2, -0.15) is 0 Å². The van der Waals surface area contributed by atoms with Crippen LogP contribution in [0.2, 0.25) is 0 Å². The molecule has 5 heteroatoms. The van der Waals surface area contributed by atoms with E-state index in [1.165, 1.54) is 17.2 Å². The zero-order chi connectivity index (χ0) is 9.68. The average Bonchev–Trinajstić information content (AvgIpc) is 2.08. The number of thioether (sulfide) groups is 1. The van der Waals surface area contributed by atoms with Crippen LogP contribution < -0.4 is 0 Å². The lowest BCUT2D eigenvalue weighted by Crippen LogP contribution is -1.84. The Balaban J connectivity index is 2.55. The van der Waals surface area contributed by atoms with Crippen molar-refractivity contribution >= 4 is 33.7 Å². The fourth-order valence-electron chi connectivity index (χ4n) is 0.594. The molecule has 68 valence electrons. The Morgan fingerprint density at radius 3 is 2.92 bits per heavy atom. The third-order valence-electron chi connectivity index (χ3n) is 1.10. The molecule has 1 heterocycles. The SMILES string of the molecule is O=C(O)/C=C/Sc1ccc(Br)cn1. The number of pyridine rings is 1. The maximum atomic E-state index is 10.1. The zero-order valence-corrected chi connectivity index (χ0v) is 8.88. The number of hydrogen-bond acceptors (Lipinski definition) is 3. The molecule has 0 aliphatic heterocycles. The second-order valence-corrected chi connectivity index (χ2v) is 3.92. The normalized spacial score (nSPS) is 10.5. The number of carboxylic acid groups (broad SMARTS) is 1. The molecule has 0 radical (unpaired) electrons. The Labute approximate surface area is 88.0 Å². The highest BCUT2D eigenvalue weighted by Gasteiger charge is 1.92. The van der Waals surface area contributed by atoms with Crippen molar-refractivity contribution < 1.29 is 9.90 Å².